The number of aliphatic hydroxyl groups excluding tert-OH is 1. The molecular weight excluding hydrogens is 242 g/mol. The van der Waals surface area contributed by atoms with Crippen LogP contribution in [0.25, 0.3) is 0 Å². The molecule has 0 aromatic heterocycles. The van der Waals surface area contributed by atoms with Crippen molar-refractivity contribution in [1.29, 1.82) is 0 Å². The Balaban J connectivity index is 4.38. The third kappa shape index (κ3) is 5.48. The van der Waals surface area contributed by atoms with E-state index in [0.29, 0.717) is 6.54 Å². The lowest BCUT2D eigenvalue weighted by Crippen LogP contribution is -2.52. The van der Waals surface area contributed by atoms with Crippen molar-refractivity contribution in [3.63, 3.8) is 0 Å². The molecule has 0 heterocycles. The summed E-state index contributed by atoms with van der Waals surface area (Å²) < 4.78 is 0. The first-order chi connectivity index (χ1) is 8.29. The summed E-state index contributed by atoms with van der Waals surface area (Å²) in [4.78, 5) is 34.6. The molecule has 0 fully saturated rings. The molecule has 0 bridgehead atoms. The Hall–Kier alpha value is -1.83. The van der Waals surface area contributed by atoms with Gasteiger partial charge < -0.3 is 25.7 Å². The number of carboxylic acids is 1. The number of hydrogen-bond donors (Lipinski definition) is 4. The zero-order valence-corrected chi connectivity index (χ0v) is 10.6. The molecule has 0 rings (SSSR count). The van der Waals surface area contributed by atoms with Crippen LogP contribution in [0.3, 0.4) is 0 Å². The average molecular weight is 261 g/mol. The van der Waals surface area contributed by atoms with Crippen LogP contribution in [0.5, 0.6) is 0 Å². The van der Waals surface area contributed by atoms with Crippen molar-refractivity contribution in [3.8, 4) is 0 Å². The van der Waals surface area contributed by atoms with Gasteiger partial charge in [-0.05, 0) is 13.8 Å². The maximum Gasteiger partial charge on any atom is 0.328 e. The normalized spacial score (nSPS) is 13.3. The lowest BCUT2D eigenvalue weighted by molar-refractivity contribution is -0.141. The molecule has 0 aliphatic carbocycles. The fourth-order valence-corrected chi connectivity index (χ4v) is 1.17. The maximum absolute atomic E-state index is 11.6. The summed E-state index contributed by atoms with van der Waals surface area (Å²) >= 11 is 0. The molecule has 0 spiro atoms. The van der Waals surface area contributed by atoms with Crippen molar-refractivity contribution in [2.45, 2.75) is 26.0 Å². The van der Waals surface area contributed by atoms with Gasteiger partial charge in [-0.15, -0.1) is 0 Å². The molecule has 0 aliphatic rings. The SMILES string of the molecule is CCNC(=O)CN(C)C(=O)N[C@H](C(=O)O)[C@@H](C)O. The van der Waals surface area contributed by atoms with Crippen LogP contribution in [0.15, 0.2) is 0 Å². The fourth-order valence-electron chi connectivity index (χ4n) is 1.17. The molecule has 0 saturated heterocycles. The predicted octanol–water partition coefficient (Wildman–Crippen LogP) is -1.40. The molecule has 0 aromatic rings. The van der Waals surface area contributed by atoms with E-state index in [1.807, 2.05) is 0 Å². The Morgan fingerprint density at radius 3 is 2.28 bits per heavy atom. The largest absolute Gasteiger partial charge is 0.480 e. The van der Waals surface area contributed by atoms with Gasteiger partial charge in [0.05, 0.1) is 6.10 Å². The minimum atomic E-state index is -1.41. The number of urea groups is 1. The number of carbonyl (C=O) groups is 3. The van der Waals surface area contributed by atoms with Crippen LogP contribution in [-0.2, 0) is 9.59 Å². The van der Waals surface area contributed by atoms with Crippen molar-refractivity contribution in [2.75, 3.05) is 20.1 Å². The van der Waals surface area contributed by atoms with Crippen LogP contribution >= 0.6 is 0 Å². The van der Waals surface area contributed by atoms with Crippen molar-refractivity contribution >= 4 is 17.9 Å². The zero-order valence-electron chi connectivity index (χ0n) is 10.6. The van der Waals surface area contributed by atoms with Gasteiger partial charge in [-0.1, -0.05) is 0 Å². The third-order valence-corrected chi connectivity index (χ3v) is 2.13. The number of aliphatic hydroxyl groups is 1. The molecule has 3 amide bonds. The zero-order chi connectivity index (χ0) is 14.3. The molecule has 8 heteroatoms. The quantitative estimate of drug-likeness (QED) is 0.469. The lowest BCUT2D eigenvalue weighted by atomic mass is 10.2. The highest BCUT2D eigenvalue weighted by Crippen LogP contribution is 1.95. The standard InChI is InChI=1S/C10H19N3O5/c1-4-11-7(15)5-13(3)10(18)12-8(6(2)14)9(16)17/h6,8,14H,4-5H2,1-3H3,(H,11,15)(H,12,18)(H,16,17)/t6-,8+/m1/s1. The van der Waals surface area contributed by atoms with Crippen molar-refractivity contribution < 1.29 is 24.6 Å². The Morgan fingerprint density at radius 1 is 1.33 bits per heavy atom. The van der Waals surface area contributed by atoms with Gasteiger partial charge in [0.2, 0.25) is 5.91 Å². The second kappa shape index (κ2) is 7.49. The first-order valence-electron chi connectivity index (χ1n) is 5.48. The Morgan fingerprint density at radius 2 is 1.89 bits per heavy atom. The maximum atomic E-state index is 11.6. The molecule has 104 valence electrons. The van der Waals surface area contributed by atoms with Gasteiger partial charge >= 0.3 is 12.0 Å². The van der Waals surface area contributed by atoms with Gasteiger partial charge in [0.15, 0.2) is 6.04 Å². The van der Waals surface area contributed by atoms with Gasteiger partial charge in [0, 0.05) is 13.6 Å². The Kier molecular flexibility index (Phi) is 6.73. The number of likely N-dealkylation sites (N-methyl/N-ethyl adjacent to an activating group) is 2. The van der Waals surface area contributed by atoms with E-state index in [2.05, 4.69) is 10.6 Å². The van der Waals surface area contributed by atoms with Crippen molar-refractivity contribution in [1.82, 2.24) is 15.5 Å². The second-order valence-electron chi connectivity index (χ2n) is 3.82. The van der Waals surface area contributed by atoms with Gasteiger partial charge in [0.1, 0.15) is 6.54 Å². The summed E-state index contributed by atoms with van der Waals surface area (Å²) in [5.74, 6) is -1.69. The van der Waals surface area contributed by atoms with E-state index in [1.165, 1.54) is 14.0 Å². The van der Waals surface area contributed by atoms with Gasteiger partial charge in [-0.3, -0.25) is 4.79 Å². The van der Waals surface area contributed by atoms with E-state index in [9.17, 15) is 19.5 Å². The molecule has 0 aliphatic heterocycles. The predicted molar refractivity (Wildman–Crippen MR) is 63.0 cm³/mol. The van der Waals surface area contributed by atoms with Gasteiger partial charge in [0.25, 0.3) is 0 Å². The van der Waals surface area contributed by atoms with Gasteiger partial charge in [-0.25, -0.2) is 9.59 Å². The smallest absolute Gasteiger partial charge is 0.328 e. The molecule has 0 saturated carbocycles. The van der Waals surface area contributed by atoms with E-state index in [4.69, 9.17) is 5.11 Å². The molecule has 8 nitrogen and oxygen atoms in total. The number of hydrogen-bond acceptors (Lipinski definition) is 4. The van der Waals surface area contributed by atoms with Crippen LogP contribution in [0.1, 0.15) is 13.8 Å². The Labute approximate surface area is 105 Å². The highest BCUT2D eigenvalue weighted by atomic mass is 16.4. The number of aliphatic carboxylic acids is 1. The summed E-state index contributed by atoms with van der Waals surface area (Å²) in [6.45, 7) is 3.25. The van der Waals surface area contributed by atoms with Crippen LogP contribution < -0.4 is 10.6 Å². The highest BCUT2D eigenvalue weighted by Gasteiger charge is 2.26. The summed E-state index contributed by atoms with van der Waals surface area (Å²) in [5, 5.41) is 22.6. The molecule has 0 radical (unpaired) electrons. The summed E-state index contributed by atoms with van der Waals surface area (Å²) in [5.41, 5.74) is 0. The summed E-state index contributed by atoms with van der Waals surface area (Å²) in [6.07, 6.45) is -1.23. The number of nitrogens with zero attached hydrogens (tertiary/aromatic N) is 1. The topological polar surface area (TPSA) is 119 Å². The minimum Gasteiger partial charge on any atom is -0.480 e. The van der Waals surface area contributed by atoms with Crippen molar-refractivity contribution in [3.05, 3.63) is 0 Å². The van der Waals surface area contributed by atoms with E-state index in [-0.39, 0.29) is 12.5 Å². The van der Waals surface area contributed by atoms with E-state index in [0.717, 1.165) is 4.90 Å². The molecule has 18 heavy (non-hydrogen) atoms. The van der Waals surface area contributed by atoms with Crippen molar-refractivity contribution in [2.24, 2.45) is 0 Å². The Bertz CT molecular complexity index is 319. The van der Waals surface area contributed by atoms with Crippen LogP contribution in [0.2, 0.25) is 0 Å². The number of nitrogens with one attached hydrogen (secondary N) is 2. The highest BCUT2D eigenvalue weighted by molar-refractivity contribution is 5.86. The summed E-state index contributed by atoms with van der Waals surface area (Å²) in [7, 11) is 1.35. The number of carbonyl (C=O) groups excluding carboxylic acids is 2. The third-order valence-electron chi connectivity index (χ3n) is 2.13. The first-order valence-corrected chi connectivity index (χ1v) is 5.48. The fraction of sp³-hybridized carbons (Fsp3) is 0.700. The average Bonchev–Trinajstić information content (AvgIpc) is 2.24. The number of amides is 3. The molecule has 4 N–H and O–H groups in total. The lowest BCUT2D eigenvalue weighted by Gasteiger charge is -2.22. The van der Waals surface area contributed by atoms with E-state index < -0.39 is 24.1 Å². The first kappa shape index (κ1) is 16.2. The second-order valence-corrected chi connectivity index (χ2v) is 3.82. The summed E-state index contributed by atoms with van der Waals surface area (Å²) in [6, 6.07) is -2.15. The molecular formula is C10H19N3O5. The monoisotopic (exact) mass is 261 g/mol. The molecule has 0 unspecified atom stereocenters. The van der Waals surface area contributed by atoms with E-state index >= 15 is 0 Å². The number of carboxylic acid groups (broad SMARTS) is 1. The van der Waals surface area contributed by atoms with Crippen LogP contribution in [0.4, 0.5) is 4.79 Å². The van der Waals surface area contributed by atoms with Gasteiger partial charge in [-0.2, -0.15) is 0 Å². The minimum absolute atomic E-state index is 0.189. The van der Waals surface area contributed by atoms with Crippen LogP contribution in [0, 0.1) is 0 Å². The van der Waals surface area contributed by atoms with E-state index in [1.54, 1.807) is 6.92 Å². The number of rotatable bonds is 6. The molecule has 2 atom stereocenters. The molecule has 0 aromatic carbocycles. The van der Waals surface area contributed by atoms with Crippen LogP contribution in [-0.4, -0.2) is 65.3 Å².